The molecule has 0 radical (unpaired) electrons. The van der Waals surface area contributed by atoms with Crippen molar-refractivity contribution in [1.29, 1.82) is 0 Å². The van der Waals surface area contributed by atoms with Crippen LogP contribution in [0.25, 0.3) is 0 Å². The molecule has 0 aliphatic heterocycles. The predicted molar refractivity (Wildman–Crippen MR) is 89.4 cm³/mol. The molecule has 1 aromatic heterocycles. The van der Waals surface area contributed by atoms with E-state index in [-0.39, 0.29) is 17.4 Å². The van der Waals surface area contributed by atoms with Gasteiger partial charge in [-0.25, -0.2) is 0 Å². The van der Waals surface area contributed by atoms with E-state index in [9.17, 15) is 4.79 Å². The standard InChI is InChI=1S/C19H24N2O2/c1-13(2)17-16(14(3)23-21-17)18(22)20-19(11-7-8-12-19)15-9-5-4-6-10-15/h4-6,9-10,13H,7-8,11-12H2,1-3H3,(H,20,22). The minimum Gasteiger partial charge on any atom is -0.361 e. The largest absolute Gasteiger partial charge is 0.361 e. The quantitative estimate of drug-likeness (QED) is 0.915. The van der Waals surface area contributed by atoms with Gasteiger partial charge >= 0.3 is 0 Å². The van der Waals surface area contributed by atoms with Crippen LogP contribution in [0, 0.1) is 6.92 Å². The summed E-state index contributed by atoms with van der Waals surface area (Å²) < 4.78 is 5.27. The van der Waals surface area contributed by atoms with Gasteiger partial charge in [0, 0.05) is 0 Å². The van der Waals surface area contributed by atoms with Gasteiger partial charge < -0.3 is 9.84 Å². The molecule has 1 aliphatic rings. The van der Waals surface area contributed by atoms with Gasteiger partial charge in [-0.15, -0.1) is 0 Å². The van der Waals surface area contributed by atoms with Crippen molar-refractivity contribution in [2.24, 2.45) is 0 Å². The fourth-order valence-electron chi connectivity index (χ4n) is 3.56. The topological polar surface area (TPSA) is 55.1 Å². The lowest BCUT2D eigenvalue weighted by Gasteiger charge is -2.31. The molecule has 0 bridgehead atoms. The van der Waals surface area contributed by atoms with Gasteiger partial charge in [0.25, 0.3) is 5.91 Å². The molecule has 2 aromatic rings. The highest BCUT2D eigenvalue weighted by atomic mass is 16.5. The molecule has 4 nitrogen and oxygen atoms in total. The molecule has 1 N–H and O–H groups in total. The predicted octanol–water partition coefficient (Wildman–Crippen LogP) is 4.31. The van der Waals surface area contributed by atoms with Crippen molar-refractivity contribution >= 4 is 5.91 Å². The number of amides is 1. The van der Waals surface area contributed by atoms with Crippen molar-refractivity contribution in [2.45, 2.75) is 57.9 Å². The highest BCUT2D eigenvalue weighted by Crippen LogP contribution is 2.39. The third-order valence-corrected chi connectivity index (χ3v) is 4.80. The maximum Gasteiger partial charge on any atom is 0.257 e. The minimum absolute atomic E-state index is 0.0711. The highest BCUT2D eigenvalue weighted by Gasteiger charge is 2.38. The summed E-state index contributed by atoms with van der Waals surface area (Å²) in [6, 6.07) is 10.3. The monoisotopic (exact) mass is 312 g/mol. The Morgan fingerprint density at radius 3 is 2.48 bits per heavy atom. The number of aromatic nitrogens is 1. The van der Waals surface area contributed by atoms with Gasteiger partial charge in [0.2, 0.25) is 0 Å². The maximum atomic E-state index is 13.0. The zero-order chi connectivity index (χ0) is 16.4. The molecule has 1 heterocycles. The van der Waals surface area contributed by atoms with Crippen LogP contribution in [0.3, 0.4) is 0 Å². The fraction of sp³-hybridized carbons (Fsp3) is 0.474. The van der Waals surface area contributed by atoms with E-state index in [1.165, 1.54) is 5.56 Å². The Hall–Kier alpha value is -2.10. The van der Waals surface area contributed by atoms with Gasteiger partial charge in [0.05, 0.1) is 11.2 Å². The van der Waals surface area contributed by atoms with Crippen LogP contribution in [-0.4, -0.2) is 11.1 Å². The summed E-state index contributed by atoms with van der Waals surface area (Å²) in [5.74, 6) is 0.676. The van der Waals surface area contributed by atoms with Crippen molar-refractivity contribution in [2.75, 3.05) is 0 Å². The second kappa shape index (κ2) is 6.19. The first-order chi connectivity index (χ1) is 11.0. The zero-order valence-electron chi connectivity index (χ0n) is 14.1. The Morgan fingerprint density at radius 2 is 1.87 bits per heavy atom. The molecule has 0 unspecified atom stereocenters. The van der Waals surface area contributed by atoms with E-state index in [1.807, 2.05) is 32.0 Å². The Bertz CT molecular complexity index is 683. The van der Waals surface area contributed by atoms with E-state index < -0.39 is 0 Å². The number of aryl methyl sites for hydroxylation is 1. The Kier molecular flexibility index (Phi) is 4.24. The molecule has 1 aromatic carbocycles. The molecule has 4 heteroatoms. The Morgan fingerprint density at radius 1 is 1.22 bits per heavy atom. The van der Waals surface area contributed by atoms with E-state index in [1.54, 1.807) is 6.92 Å². The van der Waals surface area contributed by atoms with Gasteiger partial charge in [-0.05, 0) is 31.2 Å². The lowest BCUT2D eigenvalue weighted by Crippen LogP contribution is -2.44. The van der Waals surface area contributed by atoms with Crippen LogP contribution in [0.4, 0.5) is 0 Å². The maximum absolute atomic E-state index is 13.0. The number of hydrogen-bond donors (Lipinski definition) is 1. The van der Waals surface area contributed by atoms with Crippen LogP contribution in [0.2, 0.25) is 0 Å². The van der Waals surface area contributed by atoms with Crippen LogP contribution < -0.4 is 5.32 Å². The second-order valence-corrected chi connectivity index (χ2v) is 6.76. The van der Waals surface area contributed by atoms with Crippen LogP contribution in [0.15, 0.2) is 34.9 Å². The molecule has 122 valence electrons. The molecule has 3 rings (SSSR count). The molecular formula is C19H24N2O2. The lowest BCUT2D eigenvalue weighted by molar-refractivity contribution is 0.0895. The molecule has 0 saturated heterocycles. The molecule has 23 heavy (non-hydrogen) atoms. The van der Waals surface area contributed by atoms with E-state index in [2.05, 4.69) is 22.6 Å². The first-order valence-corrected chi connectivity index (χ1v) is 8.38. The summed E-state index contributed by atoms with van der Waals surface area (Å²) >= 11 is 0. The molecule has 0 atom stereocenters. The molecule has 0 spiro atoms. The summed E-state index contributed by atoms with van der Waals surface area (Å²) in [6.45, 7) is 5.85. The molecule has 1 fully saturated rings. The van der Waals surface area contributed by atoms with Gasteiger partial charge in [-0.2, -0.15) is 0 Å². The van der Waals surface area contributed by atoms with Crippen LogP contribution >= 0.6 is 0 Å². The summed E-state index contributed by atoms with van der Waals surface area (Å²) in [5.41, 5.74) is 2.26. The van der Waals surface area contributed by atoms with Crippen molar-refractivity contribution in [1.82, 2.24) is 10.5 Å². The summed E-state index contributed by atoms with van der Waals surface area (Å²) in [6.07, 6.45) is 4.22. The smallest absolute Gasteiger partial charge is 0.257 e. The number of carbonyl (C=O) groups excluding carboxylic acids is 1. The molecule has 1 amide bonds. The second-order valence-electron chi connectivity index (χ2n) is 6.76. The van der Waals surface area contributed by atoms with E-state index >= 15 is 0 Å². The fourth-order valence-corrected chi connectivity index (χ4v) is 3.56. The highest BCUT2D eigenvalue weighted by molar-refractivity contribution is 5.97. The number of nitrogens with zero attached hydrogens (tertiary/aromatic N) is 1. The number of nitrogens with one attached hydrogen (secondary N) is 1. The van der Waals surface area contributed by atoms with E-state index in [4.69, 9.17) is 4.52 Å². The van der Waals surface area contributed by atoms with Gasteiger partial charge in [-0.1, -0.05) is 62.2 Å². The third-order valence-electron chi connectivity index (χ3n) is 4.80. The first-order valence-electron chi connectivity index (χ1n) is 8.38. The average molecular weight is 312 g/mol. The van der Waals surface area contributed by atoms with Gasteiger partial charge in [0.15, 0.2) is 0 Å². The van der Waals surface area contributed by atoms with Crippen molar-refractivity contribution in [3.05, 3.63) is 52.9 Å². The van der Waals surface area contributed by atoms with E-state index in [0.717, 1.165) is 31.4 Å². The van der Waals surface area contributed by atoms with Crippen molar-refractivity contribution in [3.8, 4) is 0 Å². The number of carbonyl (C=O) groups is 1. The summed E-state index contributed by atoms with van der Waals surface area (Å²) in [4.78, 5) is 13.0. The average Bonchev–Trinajstić information content (AvgIpc) is 3.15. The SMILES string of the molecule is Cc1onc(C(C)C)c1C(=O)NC1(c2ccccc2)CCCC1. The normalized spacial score (nSPS) is 16.7. The Labute approximate surface area is 137 Å². The van der Waals surface area contributed by atoms with Crippen LogP contribution in [0.1, 0.15) is 72.8 Å². The van der Waals surface area contributed by atoms with Crippen molar-refractivity contribution in [3.63, 3.8) is 0 Å². The zero-order valence-corrected chi connectivity index (χ0v) is 14.1. The van der Waals surface area contributed by atoms with Crippen LogP contribution in [-0.2, 0) is 5.54 Å². The number of hydrogen-bond acceptors (Lipinski definition) is 3. The van der Waals surface area contributed by atoms with Gasteiger partial charge in [0.1, 0.15) is 11.3 Å². The number of rotatable bonds is 4. The van der Waals surface area contributed by atoms with Crippen molar-refractivity contribution < 1.29 is 9.32 Å². The lowest BCUT2D eigenvalue weighted by atomic mass is 9.87. The molecule has 1 aliphatic carbocycles. The van der Waals surface area contributed by atoms with Gasteiger partial charge in [-0.3, -0.25) is 4.79 Å². The van der Waals surface area contributed by atoms with Crippen LogP contribution in [0.5, 0.6) is 0 Å². The minimum atomic E-state index is -0.268. The number of benzene rings is 1. The molecule has 1 saturated carbocycles. The Balaban J connectivity index is 1.93. The van der Waals surface area contributed by atoms with E-state index in [0.29, 0.717) is 11.3 Å². The first kappa shape index (κ1) is 15.8. The summed E-state index contributed by atoms with van der Waals surface area (Å²) in [7, 11) is 0. The summed E-state index contributed by atoms with van der Waals surface area (Å²) in [5, 5.41) is 7.38. The third kappa shape index (κ3) is 2.90. The molecular weight excluding hydrogens is 288 g/mol.